The largest absolute Gasteiger partial charge is 0.496 e. The lowest BCUT2D eigenvalue weighted by Gasteiger charge is -2.28. The summed E-state index contributed by atoms with van der Waals surface area (Å²) in [6.45, 7) is 14.0. The lowest BCUT2D eigenvalue weighted by atomic mass is 9.75. The summed E-state index contributed by atoms with van der Waals surface area (Å²) in [7, 11) is 3.49. The molecule has 0 spiro atoms. The Labute approximate surface area is 291 Å². The highest BCUT2D eigenvalue weighted by molar-refractivity contribution is 6.04. The van der Waals surface area contributed by atoms with E-state index in [0.717, 1.165) is 29.1 Å². The number of benzene rings is 5. The van der Waals surface area contributed by atoms with Crippen molar-refractivity contribution in [3.05, 3.63) is 165 Å². The van der Waals surface area contributed by atoms with Crippen LogP contribution >= 0.6 is 0 Å². The number of rotatable bonds is 6. The van der Waals surface area contributed by atoms with Gasteiger partial charge in [0.1, 0.15) is 11.5 Å². The van der Waals surface area contributed by atoms with Crippen molar-refractivity contribution >= 4 is 22.8 Å². The van der Waals surface area contributed by atoms with Crippen LogP contribution in [-0.4, -0.2) is 14.2 Å². The molecule has 2 aliphatic rings. The molecule has 5 aromatic carbocycles. The zero-order chi connectivity index (χ0) is 34.5. The fraction of sp³-hybridized carbons (Fsp3) is 0.234. The van der Waals surface area contributed by atoms with E-state index in [2.05, 4.69) is 145 Å². The van der Waals surface area contributed by atoms with E-state index < -0.39 is 0 Å². The molecule has 0 atom stereocenters. The van der Waals surface area contributed by atoms with Gasteiger partial charge in [0, 0.05) is 0 Å². The quantitative estimate of drug-likeness (QED) is 0.180. The molecule has 0 bridgehead atoms. The van der Waals surface area contributed by atoms with Crippen molar-refractivity contribution in [3.8, 4) is 22.6 Å². The Morgan fingerprint density at radius 1 is 0.612 bits per heavy atom. The molecule has 0 saturated carbocycles. The topological polar surface area (TPSA) is 18.5 Å². The minimum atomic E-state index is -0.195. The maximum atomic E-state index is 5.99. The summed E-state index contributed by atoms with van der Waals surface area (Å²) in [5, 5.41) is 2.56. The third kappa shape index (κ3) is 5.74. The first-order chi connectivity index (χ1) is 23.5. The van der Waals surface area contributed by atoms with Crippen LogP contribution in [-0.2, 0) is 10.8 Å². The van der Waals surface area contributed by atoms with E-state index in [-0.39, 0.29) is 10.8 Å². The minimum absolute atomic E-state index is 0.0509. The van der Waals surface area contributed by atoms with Crippen molar-refractivity contribution in [2.24, 2.45) is 0 Å². The van der Waals surface area contributed by atoms with Gasteiger partial charge >= 0.3 is 0 Å². The van der Waals surface area contributed by atoms with Gasteiger partial charge in [-0.05, 0) is 113 Å². The van der Waals surface area contributed by atoms with Gasteiger partial charge in [-0.1, -0.05) is 139 Å². The van der Waals surface area contributed by atoms with E-state index in [4.69, 9.17) is 9.47 Å². The number of hydrogen-bond acceptors (Lipinski definition) is 2. The average molecular weight is 643 g/mol. The molecule has 0 heterocycles. The molecule has 0 N–H and O–H groups in total. The van der Waals surface area contributed by atoms with Crippen LogP contribution in [0.1, 0.15) is 86.9 Å². The molecule has 5 aromatic rings. The van der Waals surface area contributed by atoms with Crippen molar-refractivity contribution in [1.82, 2.24) is 0 Å². The summed E-state index contributed by atoms with van der Waals surface area (Å²) < 4.78 is 12.0. The highest BCUT2D eigenvalue weighted by Crippen LogP contribution is 2.45. The number of hydrogen-bond donors (Lipinski definition) is 0. The van der Waals surface area contributed by atoms with Gasteiger partial charge in [-0.15, -0.1) is 0 Å². The van der Waals surface area contributed by atoms with E-state index in [9.17, 15) is 0 Å². The normalized spacial score (nSPS) is 13.6. The Hall–Kier alpha value is -5.08. The molecule has 7 rings (SSSR count). The molecule has 0 aromatic heterocycles. The average Bonchev–Trinajstić information content (AvgIpc) is 3.72. The second-order valence-corrected chi connectivity index (χ2v) is 15.2. The summed E-state index contributed by atoms with van der Waals surface area (Å²) >= 11 is 0. The number of allylic oxidation sites excluding steroid dienone is 4. The summed E-state index contributed by atoms with van der Waals surface area (Å²) in [4.78, 5) is 0. The van der Waals surface area contributed by atoms with Crippen LogP contribution in [0.4, 0.5) is 0 Å². The van der Waals surface area contributed by atoms with E-state index in [0.29, 0.717) is 0 Å². The molecule has 2 nitrogen and oxygen atoms in total. The molecule has 0 aliphatic heterocycles. The molecule has 0 amide bonds. The summed E-state index contributed by atoms with van der Waals surface area (Å²) in [5.41, 5.74) is 14.8. The van der Waals surface area contributed by atoms with Gasteiger partial charge in [-0.3, -0.25) is 0 Å². The van der Waals surface area contributed by atoms with Gasteiger partial charge < -0.3 is 9.47 Å². The van der Waals surface area contributed by atoms with Crippen LogP contribution in [0.3, 0.4) is 0 Å². The first-order valence-electron chi connectivity index (χ1n) is 17.3. The van der Waals surface area contributed by atoms with Crippen LogP contribution in [0.5, 0.6) is 11.5 Å². The molecule has 2 heteroatoms. The highest BCUT2D eigenvalue weighted by Gasteiger charge is 2.31. The number of fused-ring (bicyclic) bond motifs is 3. The number of methoxy groups -OCH3 is 2. The lowest BCUT2D eigenvalue weighted by molar-refractivity contribution is 0.392. The molecular weight excluding hydrogens is 597 g/mol. The minimum Gasteiger partial charge on any atom is -0.496 e. The predicted octanol–water partition coefficient (Wildman–Crippen LogP) is 10.2. The monoisotopic (exact) mass is 642 g/mol. The Kier molecular flexibility index (Phi) is 8.23. The van der Waals surface area contributed by atoms with Crippen molar-refractivity contribution in [2.75, 3.05) is 14.2 Å². The third-order valence-electron chi connectivity index (χ3n) is 9.95. The second-order valence-electron chi connectivity index (χ2n) is 15.2. The predicted molar refractivity (Wildman–Crippen MR) is 207 cm³/mol. The highest BCUT2D eigenvalue weighted by atomic mass is 16.5. The third-order valence-corrected chi connectivity index (χ3v) is 9.95. The zero-order valence-corrected chi connectivity index (χ0v) is 30.1. The smallest absolute Gasteiger partial charge is 0.130 e. The fourth-order valence-corrected chi connectivity index (χ4v) is 7.69. The van der Waals surface area contributed by atoms with Gasteiger partial charge in [0.15, 0.2) is 0 Å². The van der Waals surface area contributed by atoms with E-state index in [1.807, 2.05) is 18.2 Å². The maximum absolute atomic E-state index is 5.99. The molecule has 0 unspecified atom stereocenters. The van der Waals surface area contributed by atoms with Crippen molar-refractivity contribution in [3.63, 3.8) is 0 Å². The fourth-order valence-electron chi connectivity index (χ4n) is 7.69. The molecule has 49 heavy (non-hydrogen) atoms. The Morgan fingerprint density at radius 3 is 1.78 bits per heavy atom. The molecule has 0 fully saturated rings. The molecule has 0 saturated heterocycles. The summed E-state index contributed by atoms with van der Waals surface area (Å²) in [6, 6.07) is 37.4. The van der Waals surface area contributed by atoms with Crippen molar-refractivity contribution in [1.29, 1.82) is 0 Å². The maximum Gasteiger partial charge on any atom is 0.130 e. The SMILES string of the molecule is COc1cccc(OC)c1C1=C(c2c(C(C)(C)C)c(=C(c3ccccc3)c3ccccc3)cc3c2=Cc2cc(C(C)(C)C)ccc2-3)CC=C1. The van der Waals surface area contributed by atoms with Crippen LogP contribution in [0.15, 0.2) is 115 Å². The second kappa shape index (κ2) is 12.4. The first-order valence-corrected chi connectivity index (χ1v) is 17.3. The van der Waals surface area contributed by atoms with Crippen LogP contribution < -0.4 is 19.9 Å². The van der Waals surface area contributed by atoms with E-state index in [1.54, 1.807) is 14.2 Å². The van der Waals surface area contributed by atoms with Gasteiger partial charge in [-0.2, -0.15) is 0 Å². The van der Waals surface area contributed by atoms with Crippen LogP contribution in [0, 0.1) is 0 Å². The van der Waals surface area contributed by atoms with Gasteiger partial charge in [0.05, 0.1) is 19.8 Å². The Morgan fingerprint density at radius 2 is 1.22 bits per heavy atom. The standard InChI is InChI=1S/C47H46O2/c1-46(2,3)33-25-26-34-32(27-33)28-38-37(34)29-39(42(30-17-11-9-12-18-30)31-19-13-10-14-20-31)45(47(4,5)6)43(38)35-21-15-22-36(35)44-40(48-7)23-16-24-41(44)49-8/h9-20,22-29H,21H2,1-8H3. The zero-order valence-electron chi connectivity index (χ0n) is 30.1. The molecule has 0 radical (unpaired) electrons. The van der Waals surface area contributed by atoms with Gasteiger partial charge in [-0.25, -0.2) is 0 Å². The summed E-state index contributed by atoms with van der Waals surface area (Å²) in [6.07, 6.45) is 7.82. The Bertz CT molecular complexity index is 2190. The van der Waals surface area contributed by atoms with Gasteiger partial charge in [0.25, 0.3) is 0 Å². The molecule has 2 aliphatic carbocycles. The lowest BCUT2D eigenvalue weighted by Crippen LogP contribution is -2.32. The number of ether oxygens (including phenoxy) is 2. The molecule has 246 valence electrons. The van der Waals surface area contributed by atoms with Crippen molar-refractivity contribution in [2.45, 2.75) is 58.8 Å². The van der Waals surface area contributed by atoms with Gasteiger partial charge in [0.2, 0.25) is 0 Å². The van der Waals surface area contributed by atoms with Crippen molar-refractivity contribution < 1.29 is 9.47 Å². The van der Waals surface area contributed by atoms with Crippen LogP contribution in [0.2, 0.25) is 0 Å². The summed E-state index contributed by atoms with van der Waals surface area (Å²) in [5.74, 6) is 1.62. The van der Waals surface area contributed by atoms with E-state index in [1.165, 1.54) is 66.1 Å². The van der Waals surface area contributed by atoms with Crippen LogP contribution in [0.25, 0.3) is 33.9 Å². The first kappa shape index (κ1) is 32.5. The molecular formula is C47H46O2. The Balaban J connectivity index is 1.72. The van der Waals surface area contributed by atoms with E-state index >= 15 is 0 Å².